The first-order valence-electron chi connectivity index (χ1n) is 5.10. The van der Waals surface area contributed by atoms with Gasteiger partial charge in [-0.1, -0.05) is 0 Å². The molecule has 1 aliphatic heterocycles. The first-order valence-corrected chi connectivity index (χ1v) is 5.10. The SMILES string of the molecule is CC1(C)Cc2cc([N+](=O)[O-])cc(C(N)=O)c2O1. The maximum absolute atomic E-state index is 11.3. The van der Waals surface area contributed by atoms with Crippen LogP contribution in [0.5, 0.6) is 5.75 Å². The van der Waals surface area contributed by atoms with E-state index in [-0.39, 0.29) is 11.3 Å². The second-order valence-corrected chi connectivity index (χ2v) is 4.64. The predicted octanol–water partition coefficient (Wildman–Crippen LogP) is 1.41. The first-order chi connectivity index (χ1) is 7.80. The minimum Gasteiger partial charge on any atom is -0.486 e. The van der Waals surface area contributed by atoms with E-state index in [1.807, 2.05) is 13.8 Å². The Balaban J connectivity index is 2.62. The highest BCUT2D eigenvalue weighted by atomic mass is 16.6. The number of hydrogen-bond donors (Lipinski definition) is 1. The molecule has 2 rings (SSSR count). The van der Waals surface area contributed by atoms with Crippen molar-refractivity contribution in [3.8, 4) is 5.75 Å². The van der Waals surface area contributed by atoms with Crippen LogP contribution in [0.25, 0.3) is 0 Å². The number of rotatable bonds is 2. The monoisotopic (exact) mass is 236 g/mol. The fourth-order valence-corrected chi connectivity index (χ4v) is 1.98. The number of ether oxygens (including phenoxy) is 1. The third-order valence-electron chi connectivity index (χ3n) is 2.62. The number of benzene rings is 1. The van der Waals surface area contributed by atoms with Gasteiger partial charge in [0, 0.05) is 24.1 Å². The van der Waals surface area contributed by atoms with E-state index in [9.17, 15) is 14.9 Å². The molecule has 0 bridgehead atoms. The Bertz CT molecular complexity index is 522. The zero-order valence-electron chi connectivity index (χ0n) is 9.52. The van der Waals surface area contributed by atoms with Crippen LogP contribution in [0.4, 0.5) is 5.69 Å². The summed E-state index contributed by atoms with van der Waals surface area (Å²) in [4.78, 5) is 21.5. The van der Waals surface area contributed by atoms with E-state index in [0.717, 1.165) is 6.07 Å². The molecule has 6 nitrogen and oxygen atoms in total. The molecule has 0 aliphatic carbocycles. The maximum Gasteiger partial charge on any atom is 0.270 e. The van der Waals surface area contributed by atoms with Gasteiger partial charge in [-0.2, -0.15) is 0 Å². The number of nitrogens with zero attached hydrogens (tertiary/aromatic N) is 1. The van der Waals surface area contributed by atoms with Crippen molar-refractivity contribution in [2.75, 3.05) is 0 Å². The summed E-state index contributed by atoms with van der Waals surface area (Å²) in [5.41, 5.74) is 5.31. The van der Waals surface area contributed by atoms with E-state index in [0.29, 0.717) is 17.7 Å². The van der Waals surface area contributed by atoms with Gasteiger partial charge in [0.25, 0.3) is 11.6 Å². The van der Waals surface area contributed by atoms with Gasteiger partial charge in [0.05, 0.1) is 10.5 Å². The Labute approximate surface area is 97.5 Å². The van der Waals surface area contributed by atoms with Crippen LogP contribution in [0.2, 0.25) is 0 Å². The predicted molar refractivity (Wildman–Crippen MR) is 60.0 cm³/mol. The molecule has 0 fully saturated rings. The van der Waals surface area contributed by atoms with Crippen molar-refractivity contribution in [1.29, 1.82) is 0 Å². The number of carbonyl (C=O) groups is 1. The largest absolute Gasteiger partial charge is 0.486 e. The van der Waals surface area contributed by atoms with Gasteiger partial charge in [0.15, 0.2) is 0 Å². The Hall–Kier alpha value is -2.11. The first kappa shape index (κ1) is 11.4. The molecule has 6 heteroatoms. The van der Waals surface area contributed by atoms with Crippen LogP contribution in [0.3, 0.4) is 0 Å². The van der Waals surface area contributed by atoms with Crippen molar-refractivity contribution in [2.24, 2.45) is 5.73 Å². The van der Waals surface area contributed by atoms with Crippen LogP contribution in [-0.2, 0) is 6.42 Å². The van der Waals surface area contributed by atoms with E-state index >= 15 is 0 Å². The molecule has 0 saturated carbocycles. The van der Waals surface area contributed by atoms with E-state index in [1.165, 1.54) is 6.07 Å². The van der Waals surface area contributed by atoms with Crippen LogP contribution in [0.1, 0.15) is 29.8 Å². The molecule has 2 N–H and O–H groups in total. The number of hydrogen-bond acceptors (Lipinski definition) is 4. The number of fused-ring (bicyclic) bond motifs is 1. The topological polar surface area (TPSA) is 95.5 Å². The molecule has 90 valence electrons. The van der Waals surface area contributed by atoms with Crippen LogP contribution in [-0.4, -0.2) is 16.4 Å². The maximum atomic E-state index is 11.3. The van der Waals surface area contributed by atoms with E-state index in [2.05, 4.69) is 0 Å². The summed E-state index contributed by atoms with van der Waals surface area (Å²) < 4.78 is 5.60. The quantitative estimate of drug-likeness (QED) is 0.620. The molecule has 1 aromatic carbocycles. The van der Waals surface area contributed by atoms with Gasteiger partial charge in [0.2, 0.25) is 0 Å². The lowest BCUT2D eigenvalue weighted by atomic mass is 9.99. The van der Waals surface area contributed by atoms with Gasteiger partial charge in [-0.15, -0.1) is 0 Å². The highest BCUT2D eigenvalue weighted by molar-refractivity contribution is 5.97. The van der Waals surface area contributed by atoms with Gasteiger partial charge in [-0.05, 0) is 13.8 Å². The van der Waals surface area contributed by atoms with Gasteiger partial charge >= 0.3 is 0 Å². The Morgan fingerprint density at radius 2 is 2.18 bits per heavy atom. The minimum absolute atomic E-state index is 0.0692. The van der Waals surface area contributed by atoms with Gasteiger partial charge in [-0.3, -0.25) is 14.9 Å². The zero-order chi connectivity index (χ0) is 12.8. The average molecular weight is 236 g/mol. The molecule has 1 aliphatic rings. The van der Waals surface area contributed by atoms with Gasteiger partial charge < -0.3 is 10.5 Å². The van der Waals surface area contributed by atoms with Crippen LogP contribution < -0.4 is 10.5 Å². The van der Waals surface area contributed by atoms with Crippen LogP contribution in [0, 0.1) is 10.1 Å². The Morgan fingerprint density at radius 3 is 2.71 bits per heavy atom. The Morgan fingerprint density at radius 1 is 1.53 bits per heavy atom. The molecule has 0 aromatic heterocycles. The summed E-state index contributed by atoms with van der Waals surface area (Å²) in [6.07, 6.45) is 0.518. The smallest absolute Gasteiger partial charge is 0.270 e. The third-order valence-corrected chi connectivity index (χ3v) is 2.62. The summed E-state index contributed by atoms with van der Waals surface area (Å²) in [5.74, 6) is -0.351. The molecule has 0 atom stereocenters. The normalized spacial score (nSPS) is 16.1. The summed E-state index contributed by atoms with van der Waals surface area (Å²) in [6.45, 7) is 3.70. The van der Waals surface area contributed by atoms with Crippen LogP contribution >= 0.6 is 0 Å². The number of nitrogens with two attached hydrogens (primary N) is 1. The lowest BCUT2D eigenvalue weighted by Crippen LogP contribution is -2.25. The highest BCUT2D eigenvalue weighted by Gasteiger charge is 2.34. The molecule has 0 radical (unpaired) electrons. The van der Waals surface area contributed by atoms with Crippen molar-refractivity contribution >= 4 is 11.6 Å². The van der Waals surface area contributed by atoms with Crippen molar-refractivity contribution < 1.29 is 14.5 Å². The summed E-state index contributed by atoms with van der Waals surface area (Å²) in [6, 6.07) is 2.58. The fraction of sp³-hybridized carbons (Fsp3) is 0.364. The van der Waals surface area contributed by atoms with Gasteiger partial charge in [-0.25, -0.2) is 0 Å². The standard InChI is InChI=1S/C11H12N2O4/c1-11(2)5-6-3-7(13(15)16)4-8(10(12)14)9(6)17-11/h3-4H,5H2,1-2H3,(H2,12,14). The van der Waals surface area contributed by atoms with Crippen molar-refractivity contribution in [2.45, 2.75) is 25.9 Å². The molecular weight excluding hydrogens is 224 g/mol. The number of amides is 1. The molecule has 0 spiro atoms. The molecule has 1 heterocycles. The molecule has 17 heavy (non-hydrogen) atoms. The molecule has 0 saturated heterocycles. The molecule has 0 unspecified atom stereocenters. The lowest BCUT2D eigenvalue weighted by molar-refractivity contribution is -0.384. The number of nitro benzene ring substituents is 1. The second-order valence-electron chi connectivity index (χ2n) is 4.64. The number of non-ortho nitro benzene ring substituents is 1. The molecule has 1 amide bonds. The summed E-state index contributed by atoms with van der Waals surface area (Å²) >= 11 is 0. The van der Waals surface area contributed by atoms with E-state index in [1.54, 1.807) is 0 Å². The van der Waals surface area contributed by atoms with E-state index < -0.39 is 16.4 Å². The van der Waals surface area contributed by atoms with Gasteiger partial charge in [0.1, 0.15) is 11.4 Å². The third kappa shape index (κ3) is 1.93. The zero-order valence-corrected chi connectivity index (χ0v) is 9.52. The highest BCUT2D eigenvalue weighted by Crippen LogP contribution is 2.39. The second kappa shape index (κ2) is 3.44. The summed E-state index contributed by atoms with van der Waals surface area (Å²) in [7, 11) is 0. The summed E-state index contributed by atoms with van der Waals surface area (Å²) in [5, 5.41) is 10.7. The van der Waals surface area contributed by atoms with Crippen molar-refractivity contribution in [1.82, 2.24) is 0 Å². The van der Waals surface area contributed by atoms with E-state index in [4.69, 9.17) is 10.5 Å². The lowest BCUT2D eigenvalue weighted by Gasteiger charge is -2.17. The molecule has 1 aromatic rings. The fourth-order valence-electron chi connectivity index (χ4n) is 1.98. The number of nitro groups is 1. The van der Waals surface area contributed by atoms with Crippen molar-refractivity contribution in [3.05, 3.63) is 33.4 Å². The average Bonchev–Trinajstić information content (AvgIpc) is 2.49. The minimum atomic E-state index is -0.720. The Kier molecular flexibility index (Phi) is 2.30. The van der Waals surface area contributed by atoms with Crippen LogP contribution in [0.15, 0.2) is 12.1 Å². The number of primary amides is 1. The van der Waals surface area contributed by atoms with Crippen molar-refractivity contribution in [3.63, 3.8) is 0 Å². The number of carbonyl (C=O) groups excluding carboxylic acids is 1. The molecular formula is C11H12N2O4.